The Morgan fingerprint density at radius 1 is 1.47 bits per heavy atom. The molecule has 2 heterocycles. The van der Waals surface area contributed by atoms with Crippen molar-refractivity contribution < 1.29 is 4.79 Å². The van der Waals surface area contributed by atoms with Crippen LogP contribution in [0, 0.1) is 0 Å². The third-order valence-electron chi connectivity index (χ3n) is 3.61. The van der Waals surface area contributed by atoms with Crippen LogP contribution in [0.5, 0.6) is 0 Å². The lowest BCUT2D eigenvalue weighted by molar-refractivity contribution is 0.0952. The molecule has 0 saturated heterocycles. The summed E-state index contributed by atoms with van der Waals surface area (Å²) in [6.45, 7) is 0. The van der Waals surface area contributed by atoms with Gasteiger partial charge in [-0.2, -0.15) is 0 Å². The average Bonchev–Trinajstić information content (AvgIpc) is 3.02. The van der Waals surface area contributed by atoms with Gasteiger partial charge in [-0.15, -0.1) is 11.3 Å². The third kappa shape index (κ3) is 1.67. The molecule has 1 amide bonds. The van der Waals surface area contributed by atoms with Crippen molar-refractivity contribution in [2.75, 3.05) is 7.05 Å². The van der Waals surface area contributed by atoms with Crippen LogP contribution < -0.4 is 5.32 Å². The first-order valence-corrected chi connectivity index (χ1v) is 6.99. The molecule has 1 saturated carbocycles. The zero-order chi connectivity index (χ0) is 11.8. The van der Waals surface area contributed by atoms with Crippen LogP contribution in [0.3, 0.4) is 0 Å². The first-order chi connectivity index (χ1) is 8.31. The maximum atomic E-state index is 11.9. The van der Waals surface area contributed by atoms with Crippen LogP contribution in [0.25, 0.3) is 10.2 Å². The summed E-state index contributed by atoms with van der Waals surface area (Å²) < 4.78 is 3.47. The van der Waals surface area contributed by atoms with Gasteiger partial charge in [0.1, 0.15) is 5.69 Å². The second-order valence-corrected chi connectivity index (χ2v) is 5.53. The molecule has 0 radical (unpaired) electrons. The predicted molar refractivity (Wildman–Crippen MR) is 70.7 cm³/mol. The summed E-state index contributed by atoms with van der Waals surface area (Å²) in [7, 11) is 1.70. The maximum absolute atomic E-state index is 11.9. The molecule has 2 aromatic heterocycles. The first-order valence-electron chi connectivity index (χ1n) is 6.12. The minimum absolute atomic E-state index is 0.0281. The molecule has 1 aliphatic carbocycles. The van der Waals surface area contributed by atoms with Crippen LogP contribution >= 0.6 is 11.3 Å². The van der Waals surface area contributed by atoms with Gasteiger partial charge in [-0.25, -0.2) is 0 Å². The van der Waals surface area contributed by atoms with E-state index in [4.69, 9.17) is 0 Å². The summed E-state index contributed by atoms with van der Waals surface area (Å²) in [6, 6.07) is 4.66. The number of carbonyl (C=O) groups excluding carboxylic acids is 1. The van der Waals surface area contributed by atoms with E-state index in [1.54, 1.807) is 18.4 Å². The molecule has 3 nitrogen and oxygen atoms in total. The van der Waals surface area contributed by atoms with Gasteiger partial charge in [0.2, 0.25) is 0 Å². The summed E-state index contributed by atoms with van der Waals surface area (Å²) in [4.78, 5) is 11.9. The average molecular weight is 248 g/mol. The third-order valence-corrected chi connectivity index (χ3v) is 4.46. The molecule has 0 atom stereocenters. The van der Waals surface area contributed by atoms with E-state index < -0.39 is 0 Å². The molecule has 17 heavy (non-hydrogen) atoms. The molecule has 2 aromatic rings. The molecule has 90 valence electrons. The van der Waals surface area contributed by atoms with Crippen molar-refractivity contribution in [2.45, 2.75) is 31.7 Å². The lowest BCUT2D eigenvalue weighted by Crippen LogP contribution is -2.23. The van der Waals surface area contributed by atoms with Gasteiger partial charge in [-0.3, -0.25) is 4.79 Å². The molecule has 1 aliphatic rings. The second kappa shape index (κ2) is 4.18. The fourth-order valence-electron chi connectivity index (χ4n) is 2.80. The molecule has 1 fully saturated rings. The molecule has 0 unspecified atom stereocenters. The highest BCUT2D eigenvalue weighted by molar-refractivity contribution is 7.17. The molecule has 0 spiro atoms. The van der Waals surface area contributed by atoms with Crippen molar-refractivity contribution in [2.24, 2.45) is 0 Å². The van der Waals surface area contributed by atoms with Crippen LogP contribution in [-0.2, 0) is 0 Å². The van der Waals surface area contributed by atoms with E-state index in [9.17, 15) is 4.79 Å². The van der Waals surface area contributed by atoms with Crippen molar-refractivity contribution >= 4 is 27.5 Å². The van der Waals surface area contributed by atoms with Gasteiger partial charge in [-0.05, 0) is 30.4 Å². The number of thiophene rings is 1. The lowest BCUT2D eigenvalue weighted by atomic mass is 10.2. The maximum Gasteiger partial charge on any atom is 0.267 e. The molecular formula is C13H16N2OS. The van der Waals surface area contributed by atoms with Gasteiger partial charge in [0.15, 0.2) is 0 Å². The lowest BCUT2D eigenvalue weighted by Gasteiger charge is -2.16. The highest BCUT2D eigenvalue weighted by Crippen LogP contribution is 2.36. The largest absolute Gasteiger partial charge is 0.354 e. The zero-order valence-corrected chi connectivity index (χ0v) is 10.7. The van der Waals surface area contributed by atoms with Crippen molar-refractivity contribution in [3.63, 3.8) is 0 Å². The first kappa shape index (κ1) is 10.8. The van der Waals surface area contributed by atoms with Crippen molar-refractivity contribution in [3.05, 3.63) is 23.2 Å². The second-order valence-electron chi connectivity index (χ2n) is 4.59. The van der Waals surface area contributed by atoms with Gasteiger partial charge in [0.05, 0.1) is 10.2 Å². The molecule has 0 bridgehead atoms. The summed E-state index contributed by atoms with van der Waals surface area (Å²) in [5.41, 5.74) is 2.04. The molecular weight excluding hydrogens is 232 g/mol. The van der Waals surface area contributed by atoms with Gasteiger partial charge >= 0.3 is 0 Å². The molecule has 1 N–H and O–H groups in total. The quantitative estimate of drug-likeness (QED) is 0.870. The monoisotopic (exact) mass is 248 g/mol. The number of rotatable bonds is 2. The summed E-state index contributed by atoms with van der Waals surface area (Å²) in [5, 5.41) is 4.84. The van der Waals surface area contributed by atoms with Crippen LogP contribution in [0.2, 0.25) is 0 Å². The number of aromatic nitrogens is 1. The number of fused-ring (bicyclic) bond motifs is 1. The Bertz CT molecular complexity index is 549. The van der Waals surface area contributed by atoms with E-state index in [2.05, 4.69) is 21.3 Å². The molecule has 0 aromatic carbocycles. The standard InChI is InChI=1S/C13H16N2OS/c1-14-13(16)11-8-12-10(6-7-17-12)15(11)9-4-2-3-5-9/h6-9H,2-5H2,1H3,(H,14,16). The van der Waals surface area contributed by atoms with Crippen LogP contribution in [0.15, 0.2) is 17.5 Å². The van der Waals surface area contributed by atoms with E-state index in [-0.39, 0.29) is 5.91 Å². The van der Waals surface area contributed by atoms with Gasteiger partial charge in [-0.1, -0.05) is 12.8 Å². The Balaban J connectivity index is 2.15. The minimum atomic E-state index is 0.0281. The van der Waals surface area contributed by atoms with Crippen LogP contribution in [0.4, 0.5) is 0 Å². The SMILES string of the molecule is CNC(=O)c1cc2sccc2n1C1CCCC1. The minimum Gasteiger partial charge on any atom is -0.354 e. The highest BCUT2D eigenvalue weighted by Gasteiger charge is 2.24. The Morgan fingerprint density at radius 2 is 2.24 bits per heavy atom. The van der Waals surface area contributed by atoms with E-state index in [0.717, 1.165) is 5.69 Å². The van der Waals surface area contributed by atoms with E-state index in [0.29, 0.717) is 6.04 Å². The van der Waals surface area contributed by atoms with Crippen LogP contribution in [0.1, 0.15) is 42.2 Å². The van der Waals surface area contributed by atoms with E-state index in [1.807, 2.05) is 6.07 Å². The normalized spacial score (nSPS) is 16.8. The zero-order valence-electron chi connectivity index (χ0n) is 9.90. The molecule has 3 rings (SSSR count). The van der Waals surface area contributed by atoms with Crippen molar-refractivity contribution in [1.82, 2.24) is 9.88 Å². The highest BCUT2D eigenvalue weighted by atomic mass is 32.1. The Labute approximate surface area is 104 Å². The summed E-state index contributed by atoms with van der Waals surface area (Å²) in [5.74, 6) is 0.0281. The predicted octanol–water partition coefficient (Wildman–Crippen LogP) is 3.18. The fraction of sp³-hybridized carbons (Fsp3) is 0.462. The number of hydrogen-bond acceptors (Lipinski definition) is 2. The van der Waals surface area contributed by atoms with E-state index in [1.165, 1.54) is 35.9 Å². The van der Waals surface area contributed by atoms with Crippen molar-refractivity contribution in [1.29, 1.82) is 0 Å². The van der Waals surface area contributed by atoms with Gasteiger partial charge in [0.25, 0.3) is 5.91 Å². The fourth-order valence-corrected chi connectivity index (χ4v) is 3.61. The van der Waals surface area contributed by atoms with Gasteiger partial charge < -0.3 is 9.88 Å². The molecule has 0 aliphatic heterocycles. The molecule has 4 heteroatoms. The van der Waals surface area contributed by atoms with E-state index >= 15 is 0 Å². The number of nitrogens with one attached hydrogen (secondary N) is 1. The Hall–Kier alpha value is -1.29. The topological polar surface area (TPSA) is 34.0 Å². The summed E-state index contributed by atoms with van der Waals surface area (Å²) in [6.07, 6.45) is 4.95. The Kier molecular flexibility index (Phi) is 2.67. The number of carbonyl (C=O) groups is 1. The number of amides is 1. The van der Waals surface area contributed by atoms with Crippen LogP contribution in [-0.4, -0.2) is 17.5 Å². The van der Waals surface area contributed by atoms with Gasteiger partial charge in [0, 0.05) is 13.1 Å². The smallest absolute Gasteiger partial charge is 0.267 e. The summed E-state index contributed by atoms with van der Waals surface area (Å²) >= 11 is 1.71. The number of hydrogen-bond donors (Lipinski definition) is 1. The number of nitrogens with zero attached hydrogens (tertiary/aromatic N) is 1. The van der Waals surface area contributed by atoms with Crippen molar-refractivity contribution in [3.8, 4) is 0 Å². The Morgan fingerprint density at radius 3 is 2.94 bits per heavy atom.